The van der Waals surface area contributed by atoms with Crippen molar-refractivity contribution in [3.05, 3.63) is 0 Å². The van der Waals surface area contributed by atoms with Crippen LogP contribution in [-0.4, -0.2) is 82.4 Å². The fourth-order valence-electron chi connectivity index (χ4n) is 2.31. The number of urea groups is 2. The van der Waals surface area contributed by atoms with Crippen LogP contribution in [0.4, 0.5) is 14.4 Å². The molecule has 1 atom stereocenters. The van der Waals surface area contributed by atoms with Crippen LogP contribution in [0.2, 0.25) is 0 Å². The molecule has 0 saturated heterocycles. The van der Waals surface area contributed by atoms with Gasteiger partial charge in [-0.2, -0.15) is 0 Å². The second kappa shape index (κ2) is 13.7. The van der Waals surface area contributed by atoms with E-state index in [-0.39, 0.29) is 19.5 Å². The topological polar surface area (TPSA) is 217 Å². The van der Waals surface area contributed by atoms with E-state index < -0.39 is 60.6 Å². The van der Waals surface area contributed by atoms with Gasteiger partial charge >= 0.3 is 30.1 Å². The Morgan fingerprint density at radius 3 is 2.19 bits per heavy atom. The van der Waals surface area contributed by atoms with Gasteiger partial charge in [-0.1, -0.05) is 0 Å². The largest absolute Gasteiger partial charge is 0.481 e. The molecule has 6 amide bonds. The van der Waals surface area contributed by atoms with E-state index in [1.807, 2.05) is 5.32 Å². The van der Waals surface area contributed by atoms with Crippen LogP contribution < -0.4 is 21.7 Å². The highest BCUT2D eigenvalue weighted by Gasteiger charge is 2.24. The van der Waals surface area contributed by atoms with E-state index in [0.717, 1.165) is 4.90 Å². The van der Waals surface area contributed by atoms with Gasteiger partial charge in [-0.25, -0.2) is 19.2 Å². The van der Waals surface area contributed by atoms with Gasteiger partial charge in [0.15, 0.2) is 0 Å². The summed E-state index contributed by atoms with van der Waals surface area (Å²) in [5.41, 5.74) is 4.26. The standard InChI is InChI=1S/C18H31N5O9/c1-18(2,3)32-17(31)20-8-4-5-9-23(16(30)22-15(19)29)10-12(24)21-11(14(27)28)6-7-13(25)26/h11H,4-10H2,1-3H3,(H,20,31)(H,21,24)(H,25,26)(H,27,28)(H3,19,22,29,30). The summed E-state index contributed by atoms with van der Waals surface area (Å²) in [6.07, 6.45) is -0.719. The molecule has 0 bridgehead atoms. The number of carboxylic acid groups (broad SMARTS) is 2. The summed E-state index contributed by atoms with van der Waals surface area (Å²) in [6, 6.07) is -3.57. The average Bonchev–Trinajstić information content (AvgIpc) is 2.61. The van der Waals surface area contributed by atoms with Crippen molar-refractivity contribution in [3.8, 4) is 0 Å². The maximum absolute atomic E-state index is 12.2. The van der Waals surface area contributed by atoms with Crippen molar-refractivity contribution in [2.45, 2.75) is 58.1 Å². The van der Waals surface area contributed by atoms with Gasteiger partial charge in [0.25, 0.3) is 0 Å². The lowest BCUT2D eigenvalue weighted by atomic mass is 10.1. The first kappa shape index (κ1) is 28.4. The zero-order valence-corrected chi connectivity index (χ0v) is 18.3. The number of carbonyl (C=O) groups is 6. The summed E-state index contributed by atoms with van der Waals surface area (Å²) in [6.45, 7) is 4.74. The summed E-state index contributed by atoms with van der Waals surface area (Å²) in [5, 5.41) is 24.2. The van der Waals surface area contributed by atoms with Crippen molar-refractivity contribution < 1.29 is 43.7 Å². The Hall–Kier alpha value is -3.58. The van der Waals surface area contributed by atoms with Gasteiger partial charge < -0.3 is 36.2 Å². The van der Waals surface area contributed by atoms with Crippen LogP contribution in [0, 0.1) is 0 Å². The number of carboxylic acids is 2. The molecule has 0 rings (SSSR count). The van der Waals surface area contributed by atoms with Crippen molar-refractivity contribution in [2.75, 3.05) is 19.6 Å². The molecule has 0 aliphatic heterocycles. The van der Waals surface area contributed by atoms with Gasteiger partial charge in [-0.15, -0.1) is 0 Å². The number of hydrogen-bond acceptors (Lipinski definition) is 7. The molecule has 0 saturated carbocycles. The van der Waals surface area contributed by atoms with Crippen molar-refractivity contribution in [1.29, 1.82) is 0 Å². The Bertz CT molecular complexity index is 705. The maximum atomic E-state index is 12.2. The summed E-state index contributed by atoms with van der Waals surface area (Å²) in [5.74, 6) is -3.52. The lowest BCUT2D eigenvalue weighted by Gasteiger charge is -2.23. The van der Waals surface area contributed by atoms with Crippen LogP contribution in [0.5, 0.6) is 0 Å². The number of nitrogens with two attached hydrogens (primary N) is 1. The molecule has 0 fully saturated rings. The highest BCUT2D eigenvalue weighted by atomic mass is 16.6. The van der Waals surface area contributed by atoms with Gasteiger partial charge in [-0.3, -0.25) is 14.9 Å². The molecule has 0 aromatic rings. The molecule has 0 aliphatic rings. The average molecular weight is 461 g/mol. The van der Waals surface area contributed by atoms with E-state index in [9.17, 15) is 28.8 Å². The molecule has 0 aromatic carbocycles. The third kappa shape index (κ3) is 14.4. The minimum Gasteiger partial charge on any atom is -0.481 e. The van der Waals surface area contributed by atoms with Crippen molar-refractivity contribution in [2.24, 2.45) is 5.73 Å². The number of nitrogens with zero attached hydrogens (tertiary/aromatic N) is 1. The fourth-order valence-corrected chi connectivity index (χ4v) is 2.31. The molecular formula is C18H31N5O9. The monoisotopic (exact) mass is 461 g/mol. The molecular weight excluding hydrogens is 430 g/mol. The third-order valence-corrected chi connectivity index (χ3v) is 3.66. The number of hydrogen-bond donors (Lipinski definition) is 6. The highest BCUT2D eigenvalue weighted by molar-refractivity contribution is 5.94. The Balaban J connectivity index is 4.76. The van der Waals surface area contributed by atoms with Crippen LogP contribution in [-0.2, 0) is 19.1 Å². The van der Waals surface area contributed by atoms with Crippen LogP contribution >= 0.6 is 0 Å². The SMILES string of the molecule is CC(C)(C)OC(=O)NCCCCN(CC(=O)NC(CCC(=O)O)C(=O)O)C(=O)NC(N)=O. The Morgan fingerprint density at radius 1 is 1.06 bits per heavy atom. The van der Waals surface area contributed by atoms with E-state index in [2.05, 4.69) is 10.6 Å². The van der Waals surface area contributed by atoms with E-state index >= 15 is 0 Å². The lowest BCUT2D eigenvalue weighted by molar-refractivity contribution is -0.143. The van der Waals surface area contributed by atoms with E-state index in [1.165, 1.54) is 0 Å². The second-order valence-corrected chi connectivity index (χ2v) is 7.74. The van der Waals surface area contributed by atoms with Crippen LogP contribution in [0.15, 0.2) is 0 Å². The molecule has 0 aliphatic carbocycles. The van der Waals surface area contributed by atoms with E-state index in [1.54, 1.807) is 20.8 Å². The van der Waals surface area contributed by atoms with E-state index in [4.69, 9.17) is 20.7 Å². The summed E-state index contributed by atoms with van der Waals surface area (Å²) in [7, 11) is 0. The predicted octanol–water partition coefficient (Wildman–Crippen LogP) is -0.184. The number of aliphatic carboxylic acids is 2. The maximum Gasteiger partial charge on any atom is 0.407 e. The number of alkyl carbamates (subject to hydrolysis) is 1. The number of carbonyl (C=O) groups excluding carboxylic acids is 4. The Morgan fingerprint density at radius 2 is 1.69 bits per heavy atom. The number of ether oxygens (including phenoxy) is 1. The molecule has 0 spiro atoms. The second-order valence-electron chi connectivity index (χ2n) is 7.74. The predicted molar refractivity (Wildman–Crippen MR) is 110 cm³/mol. The molecule has 14 heteroatoms. The van der Waals surface area contributed by atoms with Gasteiger partial charge in [0.2, 0.25) is 5.91 Å². The zero-order chi connectivity index (χ0) is 24.9. The number of unbranched alkanes of at least 4 members (excludes halogenated alkanes) is 1. The molecule has 182 valence electrons. The number of nitrogens with one attached hydrogen (secondary N) is 3. The fraction of sp³-hybridized carbons (Fsp3) is 0.667. The molecule has 7 N–H and O–H groups in total. The quantitative estimate of drug-likeness (QED) is 0.212. The van der Waals surface area contributed by atoms with Gasteiger partial charge in [0, 0.05) is 19.5 Å². The summed E-state index contributed by atoms with van der Waals surface area (Å²) < 4.78 is 5.08. The number of primary amides is 1. The van der Waals surface area contributed by atoms with Crippen LogP contribution in [0.1, 0.15) is 46.5 Å². The molecule has 32 heavy (non-hydrogen) atoms. The van der Waals surface area contributed by atoms with Gasteiger partial charge in [0.05, 0.1) is 0 Å². The smallest absolute Gasteiger partial charge is 0.407 e. The van der Waals surface area contributed by atoms with Crippen molar-refractivity contribution in [3.63, 3.8) is 0 Å². The van der Waals surface area contributed by atoms with Crippen LogP contribution in [0.3, 0.4) is 0 Å². The molecule has 1 unspecified atom stereocenters. The molecule has 0 aromatic heterocycles. The van der Waals surface area contributed by atoms with Crippen molar-refractivity contribution >= 4 is 36.0 Å². The first-order valence-electron chi connectivity index (χ1n) is 9.77. The van der Waals surface area contributed by atoms with E-state index in [0.29, 0.717) is 12.8 Å². The van der Waals surface area contributed by atoms with Gasteiger partial charge in [0.1, 0.15) is 18.2 Å². The normalized spacial score (nSPS) is 11.6. The summed E-state index contributed by atoms with van der Waals surface area (Å²) >= 11 is 0. The third-order valence-electron chi connectivity index (χ3n) is 3.66. The van der Waals surface area contributed by atoms with Crippen molar-refractivity contribution in [1.82, 2.24) is 20.9 Å². The first-order chi connectivity index (χ1) is 14.7. The van der Waals surface area contributed by atoms with Gasteiger partial charge in [-0.05, 0) is 40.0 Å². The Labute approximate surface area is 184 Å². The minimum atomic E-state index is -1.46. The molecule has 0 radical (unpaired) electrons. The van der Waals surface area contributed by atoms with Crippen LogP contribution in [0.25, 0.3) is 0 Å². The molecule has 14 nitrogen and oxygen atoms in total. The Kier molecular flexibility index (Phi) is 12.1. The first-order valence-corrected chi connectivity index (χ1v) is 9.77. The highest BCUT2D eigenvalue weighted by Crippen LogP contribution is 2.06. The lowest BCUT2D eigenvalue weighted by Crippen LogP contribution is -2.51. The number of amides is 6. The molecule has 0 heterocycles. The zero-order valence-electron chi connectivity index (χ0n) is 18.3. The summed E-state index contributed by atoms with van der Waals surface area (Å²) in [4.78, 5) is 69.6. The number of imide groups is 1. The minimum absolute atomic E-state index is 0.0185. The number of rotatable bonds is 12.